The fourth-order valence-corrected chi connectivity index (χ4v) is 4.07. The minimum absolute atomic E-state index is 0.556. The highest BCUT2D eigenvalue weighted by molar-refractivity contribution is 6.30. The Labute approximate surface area is 179 Å². The highest BCUT2D eigenvalue weighted by atomic mass is 35.5. The van der Waals surface area contributed by atoms with Gasteiger partial charge >= 0.3 is 0 Å². The van der Waals surface area contributed by atoms with Gasteiger partial charge in [-0.3, -0.25) is 0 Å². The molecule has 0 aliphatic carbocycles. The second kappa shape index (κ2) is 7.99. The summed E-state index contributed by atoms with van der Waals surface area (Å²) in [6, 6.07) is 13.9. The van der Waals surface area contributed by atoms with Gasteiger partial charge in [0.05, 0.1) is 6.26 Å². The fraction of sp³-hybridized carbons (Fsp3) is 0.318. The van der Waals surface area contributed by atoms with Crippen LogP contribution in [0.2, 0.25) is 5.02 Å². The molecule has 1 fully saturated rings. The van der Waals surface area contributed by atoms with Crippen LogP contribution in [0.5, 0.6) is 0 Å². The van der Waals surface area contributed by atoms with Crippen LogP contribution in [0.15, 0.2) is 53.1 Å². The van der Waals surface area contributed by atoms with Gasteiger partial charge in [-0.05, 0) is 36.8 Å². The molecule has 30 heavy (non-hydrogen) atoms. The Balaban J connectivity index is 1.45. The predicted molar refractivity (Wildman–Crippen MR) is 118 cm³/mol. The molecule has 8 heteroatoms. The highest BCUT2D eigenvalue weighted by Crippen LogP contribution is 2.25. The molecular formula is C22H23ClN6O. The number of fused-ring (bicyclic) bond motifs is 1. The third-order valence-electron chi connectivity index (χ3n) is 5.37. The molecule has 7 nitrogen and oxygen atoms in total. The summed E-state index contributed by atoms with van der Waals surface area (Å²) in [6.07, 6.45) is 3.58. The van der Waals surface area contributed by atoms with Gasteiger partial charge in [0.2, 0.25) is 5.82 Å². The standard InChI is InChI=1S/C22H23ClN6O/c1-2-5-17-15-20(29-22(24-17)25-21(26-29)19-8-4-13-30-19)28-11-9-27(10-12-28)18-7-3-6-16(23)14-18/h3-4,6-8,13-15H,2,5,9-12H2,1H3. The van der Waals surface area contributed by atoms with Crippen LogP contribution in [-0.2, 0) is 6.42 Å². The Morgan fingerprint density at radius 3 is 2.57 bits per heavy atom. The molecule has 1 saturated heterocycles. The van der Waals surface area contributed by atoms with Crippen LogP contribution in [0.25, 0.3) is 17.4 Å². The van der Waals surface area contributed by atoms with E-state index in [4.69, 9.17) is 26.1 Å². The van der Waals surface area contributed by atoms with Gasteiger partial charge in [0, 0.05) is 48.6 Å². The number of furan rings is 1. The van der Waals surface area contributed by atoms with E-state index in [9.17, 15) is 0 Å². The number of rotatable bonds is 5. The van der Waals surface area contributed by atoms with Crippen LogP contribution < -0.4 is 9.80 Å². The average Bonchev–Trinajstić information content (AvgIpc) is 3.43. The summed E-state index contributed by atoms with van der Waals surface area (Å²) < 4.78 is 7.33. The zero-order chi connectivity index (χ0) is 20.5. The van der Waals surface area contributed by atoms with Crippen LogP contribution in [0, 0.1) is 0 Å². The number of anilines is 2. The van der Waals surface area contributed by atoms with Gasteiger partial charge in [0.25, 0.3) is 5.78 Å². The van der Waals surface area contributed by atoms with Crippen molar-refractivity contribution in [2.75, 3.05) is 36.0 Å². The van der Waals surface area contributed by atoms with Crippen LogP contribution in [-0.4, -0.2) is 45.8 Å². The quantitative estimate of drug-likeness (QED) is 0.477. The number of nitrogens with zero attached hydrogens (tertiary/aromatic N) is 6. The highest BCUT2D eigenvalue weighted by Gasteiger charge is 2.22. The van der Waals surface area contributed by atoms with Crippen molar-refractivity contribution in [2.24, 2.45) is 0 Å². The van der Waals surface area contributed by atoms with Crippen molar-refractivity contribution in [2.45, 2.75) is 19.8 Å². The van der Waals surface area contributed by atoms with Gasteiger partial charge in [-0.2, -0.15) is 9.50 Å². The molecule has 0 amide bonds. The first-order chi connectivity index (χ1) is 14.7. The summed E-state index contributed by atoms with van der Waals surface area (Å²) in [7, 11) is 0. The Morgan fingerprint density at radius 1 is 1.00 bits per heavy atom. The largest absolute Gasteiger partial charge is 0.461 e. The molecule has 1 aromatic carbocycles. The number of hydrogen-bond acceptors (Lipinski definition) is 6. The molecular weight excluding hydrogens is 400 g/mol. The number of aromatic nitrogens is 4. The molecule has 4 aromatic rings. The Morgan fingerprint density at radius 2 is 1.83 bits per heavy atom. The second-order valence-electron chi connectivity index (χ2n) is 7.43. The van der Waals surface area contributed by atoms with Gasteiger partial charge in [-0.1, -0.05) is 31.0 Å². The van der Waals surface area contributed by atoms with Crippen molar-refractivity contribution >= 4 is 28.9 Å². The van der Waals surface area contributed by atoms with Gasteiger partial charge < -0.3 is 14.2 Å². The van der Waals surface area contributed by atoms with E-state index in [1.807, 2.05) is 34.8 Å². The van der Waals surface area contributed by atoms with Crippen LogP contribution in [0.3, 0.4) is 0 Å². The van der Waals surface area contributed by atoms with Gasteiger partial charge in [-0.15, -0.1) is 5.10 Å². The SMILES string of the molecule is CCCc1cc(N2CCN(c3cccc(Cl)c3)CC2)n2nc(-c3ccco3)nc2n1. The monoisotopic (exact) mass is 422 g/mol. The maximum atomic E-state index is 6.18. The summed E-state index contributed by atoms with van der Waals surface area (Å²) in [4.78, 5) is 14.1. The lowest BCUT2D eigenvalue weighted by Gasteiger charge is -2.37. The lowest BCUT2D eigenvalue weighted by molar-refractivity contribution is 0.577. The maximum Gasteiger partial charge on any atom is 0.255 e. The third kappa shape index (κ3) is 3.61. The first kappa shape index (κ1) is 18.9. The Bertz CT molecular complexity index is 1150. The molecule has 0 atom stereocenters. The average molecular weight is 423 g/mol. The summed E-state index contributed by atoms with van der Waals surface area (Å²) in [5, 5.41) is 5.46. The number of hydrogen-bond donors (Lipinski definition) is 0. The molecule has 3 aromatic heterocycles. The zero-order valence-corrected chi connectivity index (χ0v) is 17.6. The van der Waals surface area contributed by atoms with E-state index in [0.29, 0.717) is 17.4 Å². The molecule has 0 saturated carbocycles. The van der Waals surface area contributed by atoms with Crippen molar-refractivity contribution < 1.29 is 4.42 Å². The first-order valence-corrected chi connectivity index (χ1v) is 10.6. The van der Waals surface area contributed by atoms with E-state index in [2.05, 4.69) is 33.8 Å². The van der Waals surface area contributed by atoms with E-state index in [1.165, 1.54) is 0 Å². The molecule has 0 spiro atoms. The summed E-state index contributed by atoms with van der Waals surface area (Å²) in [6.45, 7) is 5.74. The summed E-state index contributed by atoms with van der Waals surface area (Å²) in [5.41, 5.74) is 2.20. The lowest BCUT2D eigenvalue weighted by atomic mass is 10.2. The molecule has 5 rings (SSSR count). The van der Waals surface area contributed by atoms with E-state index in [1.54, 1.807) is 6.26 Å². The molecule has 0 bridgehead atoms. The van der Waals surface area contributed by atoms with Crippen molar-refractivity contribution in [3.63, 3.8) is 0 Å². The molecule has 154 valence electrons. The van der Waals surface area contributed by atoms with Crippen molar-refractivity contribution in [3.8, 4) is 11.6 Å². The van der Waals surface area contributed by atoms with E-state index in [-0.39, 0.29) is 0 Å². The topological polar surface area (TPSA) is 62.7 Å². The first-order valence-electron chi connectivity index (χ1n) is 10.3. The minimum Gasteiger partial charge on any atom is -0.461 e. The summed E-state index contributed by atoms with van der Waals surface area (Å²) >= 11 is 6.18. The number of aryl methyl sites for hydroxylation is 1. The van der Waals surface area contributed by atoms with E-state index < -0.39 is 0 Å². The van der Waals surface area contributed by atoms with Crippen molar-refractivity contribution in [1.82, 2.24) is 19.6 Å². The molecule has 0 unspecified atom stereocenters. The normalized spacial score (nSPS) is 14.6. The van der Waals surface area contributed by atoms with E-state index in [0.717, 1.165) is 61.2 Å². The van der Waals surface area contributed by atoms with Crippen LogP contribution in [0.1, 0.15) is 19.0 Å². The zero-order valence-electron chi connectivity index (χ0n) is 16.8. The maximum absolute atomic E-state index is 6.18. The van der Waals surface area contributed by atoms with E-state index >= 15 is 0 Å². The number of benzene rings is 1. The van der Waals surface area contributed by atoms with Crippen LogP contribution in [0.4, 0.5) is 11.5 Å². The van der Waals surface area contributed by atoms with Gasteiger partial charge in [-0.25, -0.2) is 4.98 Å². The molecule has 1 aliphatic rings. The third-order valence-corrected chi connectivity index (χ3v) is 5.61. The van der Waals surface area contributed by atoms with Gasteiger partial charge in [0.15, 0.2) is 5.76 Å². The predicted octanol–water partition coefficient (Wildman–Crippen LogP) is 4.32. The number of halogens is 1. The molecule has 4 heterocycles. The Hall–Kier alpha value is -3.06. The smallest absolute Gasteiger partial charge is 0.255 e. The molecule has 0 N–H and O–H groups in total. The number of piperazine rings is 1. The summed E-state index contributed by atoms with van der Waals surface area (Å²) in [5.74, 6) is 2.84. The lowest BCUT2D eigenvalue weighted by Crippen LogP contribution is -2.47. The minimum atomic E-state index is 0.556. The second-order valence-corrected chi connectivity index (χ2v) is 7.87. The molecule has 1 aliphatic heterocycles. The van der Waals surface area contributed by atoms with Crippen molar-refractivity contribution in [1.29, 1.82) is 0 Å². The Kier molecular flexibility index (Phi) is 5.04. The van der Waals surface area contributed by atoms with Gasteiger partial charge in [0.1, 0.15) is 5.82 Å². The fourth-order valence-electron chi connectivity index (χ4n) is 3.89. The molecule has 0 radical (unpaired) electrons. The van der Waals surface area contributed by atoms with Crippen LogP contribution >= 0.6 is 11.6 Å². The van der Waals surface area contributed by atoms with Crippen molar-refractivity contribution in [3.05, 3.63) is 59.4 Å².